The molecule has 0 spiro atoms. The number of carbonyl (C=O) groups excluding carboxylic acids is 1. The molecule has 0 saturated carbocycles. The average molecular weight is 351 g/mol. The number of aromatic nitrogens is 1. The van der Waals surface area contributed by atoms with E-state index >= 15 is 0 Å². The molecule has 0 radical (unpaired) electrons. The molecule has 3 rings (SSSR count). The summed E-state index contributed by atoms with van der Waals surface area (Å²) in [7, 11) is -3.85. The van der Waals surface area contributed by atoms with Gasteiger partial charge in [-0.05, 0) is 44.2 Å². The molecule has 1 N–H and O–H groups in total. The van der Waals surface area contributed by atoms with Crippen molar-refractivity contribution >= 4 is 21.6 Å². The SMILES string of the molecule is CC(C)N1CCn2cc(S(=O)(=O)Nc3ccc(F)cc3)cc2C1=O. The topological polar surface area (TPSA) is 71.4 Å². The van der Waals surface area contributed by atoms with Crippen LogP contribution in [-0.4, -0.2) is 36.4 Å². The number of nitrogens with zero attached hydrogens (tertiary/aromatic N) is 2. The van der Waals surface area contributed by atoms with Crippen LogP contribution in [0, 0.1) is 5.82 Å². The Morgan fingerprint density at radius 1 is 1.17 bits per heavy atom. The smallest absolute Gasteiger partial charge is 0.270 e. The second-order valence-corrected chi connectivity index (χ2v) is 7.64. The van der Waals surface area contributed by atoms with Gasteiger partial charge in [0, 0.05) is 31.0 Å². The average Bonchev–Trinajstić information content (AvgIpc) is 2.95. The Balaban J connectivity index is 1.89. The Morgan fingerprint density at radius 2 is 1.83 bits per heavy atom. The normalized spacial score (nSPS) is 14.8. The minimum absolute atomic E-state index is 0.0146. The third kappa shape index (κ3) is 3.01. The number of nitrogens with one attached hydrogen (secondary N) is 1. The van der Waals surface area contributed by atoms with Crippen LogP contribution < -0.4 is 4.72 Å². The fourth-order valence-corrected chi connectivity index (χ4v) is 3.78. The van der Waals surface area contributed by atoms with Crippen LogP contribution >= 0.6 is 0 Å². The standard InChI is InChI=1S/C16H18FN3O3S/c1-11(2)20-8-7-19-10-14(9-15(19)16(20)21)24(22,23)18-13-5-3-12(17)4-6-13/h3-6,9-11,18H,7-8H2,1-2H3. The zero-order valence-corrected chi connectivity index (χ0v) is 14.2. The number of halogens is 1. The maximum atomic E-state index is 12.9. The fraction of sp³-hybridized carbons (Fsp3) is 0.312. The van der Waals surface area contributed by atoms with Crippen molar-refractivity contribution < 1.29 is 17.6 Å². The summed E-state index contributed by atoms with van der Waals surface area (Å²) in [5.74, 6) is -0.629. The van der Waals surface area contributed by atoms with Crippen molar-refractivity contribution in [2.75, 3.05) is 11.3 Å². The Labute approximate surface area is 139 Å². The molecule has 2 heterocycles. The molecule has 0 atom stereocenters. The lowest BCUT2D eigenvalue weighted by Crippen LogP contribution is -2.43. The minimum atomic E-state index is -3.85. The van der Waals surface area contributed by atoms with Gasteiger partial charge in [-0.25, -0.2) is 12.8 Å². The van der Waals surface area contributed by atoms with Crippen molar-refractivity contribution in [3.05, 3.63) is 48.0 Å². The van der Waals surface area contributed by atoms with Crippen LogP contribution in [0.25, 0.3) is 0 Å². The molecule has 0 unspecified atom stereocenters. The van der Waals surface area contributed by atoms with Crippen molar-refractivity contribution in [1.29, 1.82) is 0 Å². The van der Waals surface area contributed by atoms with E-state index in [1.807, 2.05) is 13.8 Å². The number of rotatable bonds is 4. The van der Waals surface area contributed by atoms with Gasteiger partial charge in [-0.15, -0.1) is 0 Å². The summed E-state index contributed by atoms with van der Waals surface area (Å²) in [4.78, 5) is 14.2. The van der Waals surface area contributed by atoms with Crippen molar-refractivity contribution in [3.8, 4) is 0 Å². The molecule has 0 bridgehead atoms. The summed E-state index contributed by atoms with van der Waals surface area (Å²) in [5, 5.41) is 0. The maximum absolute atomic E-state index is 12.9. The lowest BCUT2D eigenvalue weighted by molar-refractivity contribution is 0.0649. The van der Waals surface area contributed by atoms with E-state index < -0.39 is 15.8 Å². The van der Waals surface area contributed by atoms with Gasteiger partial charge in [0.1, 0.15) is 16.4 Å². The zero-order chi connectivity index (χ0) is 17.5. The lowest BCUT2D eigenvalue weighted by atomic mass is 10.2. The molecule has 24 heavy (non-hydrogen) atoms. The first-order valence-electron chi connectivity index (χ1n) is 7.57. The van der Waals surface area contributed by atoms with Gasteiger partial charge in [0.2, 0.25) is 0 Å². The molecule has 0 fully saturated rings. The molecule has 6 nitrogen and oxygen atoms in total. The van der Waals surface area contributed by atoms with Crippen LogP contribution in [0.3, 0.4) is 0 Å². The molecule has 1 aromatic heterocycles. The zero-order valence-electron chi connectivity index (χ0n) is 13.4. The Hall–Kier alpha value is -2.35. The van der Waals surface area contributed by atoms with Crippen molar-refractivity contribution in [2.24, 2.45) is 0 Å². The largest absolute Gasteiger partial charge is 0.340 e. The van der Waals surface area contributed by atoms with Gasteiger partial charge >= 0.3 is 0 Å². The lowest BCUT2D eigenvalue weighted by Gasteiger charge is -2.31. The van der Waals surface area contributed by atoms with Crippen LogP contribution in [-0.2, 0) is 16.6 Å². The first-order chi connectivity index (χ1) is 11.3. The second kappa shape index (κ2) is 5.94. The number of hydrogen-bond donors (Lipinski definition) is 1. The summed E-state index contributed by atoms with van der Waals surface area (Å²) < 4.78 is 41.9. The molecule has 1 aliphatic rings. The van der Waals surface area contributed by atoms with Gasteiger partial charge in [0.25, 0.3) is 15.9 Å². The van der Waals surface area contributed by atoms with Crippen molar-refractivity contribution in [2.45, 2.75) is 31.3 Å². The Morgan fingerprint density at radius 3 is 2.46 bits per heavy atom. The predicted octanol–water partition coefficient (Wildman–Crippen LogP) is 2.29. The molecule has 8 heteroatoms. The van der Waals surface area contributed by atoms with Crippen molar-refractivity contribution in [1.82, 2.24) is 9.47 Å². The highest BCUT2D eigenvalue weighted by Crippen LogP contribution is 2.23. The molecular weight excluding hydrogens is 333 g/mol. The van der Waals surface area contributed by atoms with Gasteiger partial charge in [0.05, 0.1) is 0 Å². The van der Waals surface area contributed by atoms with E-state index in [1.165, 1.54) is 36.5 Å². The van der Waals surface area contributed by atoms with Crippen LogP contribution in [0.15, 0.2) is 41.4 Å². The summed E-state index contributed by atoms with van der Waals surface area (Å²) in [6, 6.07) is 6.46. The summed E-state index contributed by atoms with van der Waals surface area (Å²) in [6.45, 7) is 4.93. The molecular formula is C16H18FN3O3S. The summed E-state index contributed by atoms with van der Waals surface area (Å²) >= 11 is 0. The number of amides is 1. The number of hydrogen-bond acceptors (Lipinski definition) is 3. The van der Waals surface area contributed by atoms with Crippen LogP contribution in [0.5, 0.6) is 0 Å². The van der Waals surface area contributed by atoms with E-state index in [2.05, 4.69) is 4.72 Å². The highest BCUT2D eigenvalue weighted by atomic mass is 32.2. The van der Waals surface area contributed by atoms with E-state index in [0.717, 1.165) is 0 Å². The number of fused-ring (bicyclic) bond motifs is 1. The van der Waals surface area contributed by atoms with Crippen LogP contribution in [0.1, 0.15) is 24.3 Å². The maximum Gasteiger partial charge on any atom is 0.270 e. The van der Waals surface area contributed by atoms with Gasteiger partial charge in [0.15, 0.2) is 0 Å². The third-order valence-electron chi connectivity index (χ3n) is 3.96. The fourth-order valence-electron chi connectivity index (χ4n) is 2.68. The third-order valence-corrected chi connectivity index (χ3v) is 5.31. The molecule has 128 valence electrons. The van der Waals surface area contributed by atoms with Gasteiger partial charge in [-0.1, -0.05) is 0 Å². The minimum Gasteiger partial charge on any atom is -0.340 e. The Kier molecular flexibility index (Phi) is 4.08. The Bertz CT molecular complexity index is 872. The van der Waals surface area contributed by atoms with Gasteiger partial charge in [-0.3, -0.25) is 9.52 Å². The molecule has 1 aromatic carbocycles. The van der Waals surface area contributed by atoms with E-state index in [-0.39, 0.29) is 22.5 Å². The first kappa shape index (κ1) is 16.5. The predicted molar refractivity (Wildman–Crippen MR) is 87.8 cm³/mol. The van der Waals surface area contributed by atoms with E-state index in [1.54, 1.807) is 9.47 Å². The summed E-state index contributed by atoms with van der Waals surface area (Å²) in [6.07, 6.45) is 1.46. The van der Waals surface area contributed by atoms with E-state index in [0.29, 0.717) is 18.8 Å². The number of sulfonamides is 1. The number of anilines is 1. The van der Waals surface area contributed by atoms with Crippen molar-refractivity contribution in [3.63, 3.8) is 0 Å². The monoisotopic (exact) mass is 351 g/mol. The van der Waals surface area contributed by atoms with Gasteiger partial charge < -0.3 is 9.47 Å². The van der Waals surface area contributed by atoms with E-state index in [9.17, 15) is 17.6 Å². The highest BCUT2D eigenvalue weighted by molar-refractivity contribution is 7.92. The molecule has 1 amide bonds. The first-order valence-corrected chi connectivity index (χ1v) is 9.06. The quantitative estimate of drug-likeness (QED) is 0.919. The molecule has 1 aliphatic heterocycles. The van der Waals surface area contributed by atoms with Crippen LogP contribution in [0.4, 0.5) is 10.1 Å². The van der Waals surface area contributed by atoms with Gasteiger partial charge in [-0.2, -0.15) is 0 Å². The molecule has 0 aliphatic carbocycles. The molecule has 0 saturated heterocycles. The molecule has 2 aromatic rings. The van der Waals surface area contributed by atoms with E-state index in [4.69, 9.17) is 0 Å². The second-order valence-electron chi connectivity index (χ2n) is 5.96. The summed E-state index contributed by atoms with van der Waals surface area (Å²) in [5.41, 5.74) is 0.616. The van der Waals surface area contributed by atoms with Crippen LogP contribution in [0.2, 0.25) is 0 Å². The number of benzene rings is 1. The highest BCUT2D eigenvalue weighted by Gasteiger charge is 2.29. The number of carbonyl (C=O) groups is 1.